The molecule has 20 heavy (non-hydrogen) atoms. The fourth-order valence-electron chi connectivity index (χ4n) is 2.19. The SMILES string of the molecule is CCC(N)Cc1ccc(Sc2ccccc2C)cc1C. The van der Waals surface area contributed by atoms with Crippen LogP contribution < -0.4 is 5.73 Å². The molecule has 0 aliphatic carbocycles. The van der Waals surface area contributed by atoms with Crippen molar-refractivity contribution >= 4 is 11.8 Å². The number of hydrogen-bond donors (Lipinski definition) is 1. The van der Waals surface area contributed by atoms with Gasteiger partial charge in [0.25, 0.3) is 0 Å². The average Bonchev–Trinajstić information content (AvgIpc) is 2.44. The number of nitrogens with two attached hydrogens (primary N) is 1. The van der Waals surface area contributed by atoms with Crippen molar-refractivity contribution in [1.29, 1.82) is 0 Å². The topological polar surface area (TPSA) is 26.0 Å². The first-order valence-electron chi connectivity index (χ1n) is 7.18. The van der Waals surface area contributed by atoms with Gasteiger partial charge in [-0.2, -0.15) is 0 Å². The molecule has 2 aromatic rings. The first kappa shape index (κ1) is 15.1. The van der Waals surface area contributed by atoms with E-state index in [1.165, 1.54) is 26.5 Å². The van der Waals surface area contributed by atoms with Gasteiger partial charge in [-0.3, -0.25) is 0 Å². The smallest absolute Gasteiger partial charge is 0.0151 e. The van der Waals surface area contributed by atoms with Crippen molar-refractivity contribution in [2.75, 3.05) is 0 Å². The van der Waals surface area contributed by atoms with E-state index in [4.69, 9.17) is 5.73 Å². The molecule has 0 aliphatic heterocycles. The molecule has 1 unspecified atom stereocenters. The van der Waals surface area contributed by atoms with Crippen LogP contribution >= 0.6 is 11.8 Å². The van der Waals surface area contributed by atoms with Crippen LogP contribution in [0.1, 0.15) is 30.0 Å². The Balaban J connectivity index is 2.15. The van der Waals surface area contributed by atoms with Crippen molar-refractivity contribution in [1.82, 2.24) is 0 Å². The van der Waals surface area contributed by atoms with Crippen molar-refractivity contribution in [2.24, 2.45) is 5.73 Å². The van der Waals surface area contributed by atoms with Crippen LogP contribution in [0.2, 0.25) is 0 Å². The van der Waals surface area contributed by atoms with Crippen LogP contribution in [0.3, 0.4) is 0 Å². The van der Waals surface area contributed by atoms with Gasteiger partial charge in [0.15, 0.2) is 0 Å². The number of benzene rings is 2. The third-order valence-electron chi connectivity index (χ3n) is 3.64. The summed E-state index contributed by atoms with van der Waals surface area (Å²) < 4.78 is 0. The molecule has 0 heterocycles. The van der Waals surface area contributed by atoms with E-state index in [1.807, 2.05) is 11.8 Å². The highest BCUT2D eigenvalue weighted by Gasteiger charge is 2.06. The van der Waals surface area contributed by atoms with Crippen LogP contribution in [0.25, 0.3) is 0 Å². The lowest BCUT2D eigenvalue weighted by atomic mass is 10.0. The quantitative estimate of drug-likeness (QED) is 0.859. The minimum absolute atomic E-state index is 0.267. The molecule has 0 spiro atoms. The number of aryl methyl sites for hydroxylation is 2. The van der Waals surface area contributed by atoms with Gasteiger partial charge < -0.3 is 5.73 Å². The normalized spacial score (nSPS) is 12.4. The van der Waals surface area contributed by atoms with Gasteiger partial charge in [-0.15, -0.1) is 0 Å². The molecule has 2 N–H and O–H groups in total. The molecule has 0 saturated carbocycles. The number of rotatable bonds is 5. The minimum atomic E-state index is 0.267. The lowest BCUT2D eigenvalue weighted by molar-refractivity contribution is 0.644. The molecule has 2 rings (SSSR count). The molecule has 0 amide bonds. The van der Waals surface area contributed by atoms with E-state index < -0.39 is 0 Å². The highest BCUT2D eigenvalue weighted by atomic mass is 32.2. The molecule has 0 aliphatic rings. The molecule has 2 heteroatoms. The van der Waals surface area contributed by atoms with Gasteiger partial charge in [0.2, 0.25) is 0 Å². The number of hydrogen-bond acceptors (Lipinski definition) is 2. The zero-order chi connectivity index (χ0) is 14.5. The summed E-state index contributed by atoms with van der Waals surface area (Å²) in [4.78, 5) is 2.62. The van der Waals surface area contributed by atoms with Crippen molar-refractivity contribution in [3.05, 3.63) is 59.2 Å². The van der Waals surface area contributed by atoms with E-state index in [0.717, 1.165) is 12.8 Å². The van der Waals surface area contributed by atoms with Gasteiger partial charge in [0, 0.05) is 15.8 Å². The highest BCUT2D eigenvalue weighted by Crippen LogP contribution is 2.31. The fourth-order valence-corrected chi connectivity index (χ4v) is 3.19. The second kappa shape index (κ2) is 6.96. The molecule has 0 bridgehead atoms. The summed E-state index contributed by atoms with van der Waals surface area (Å²) in [6.07, 6.45) is 2.00. The van der Waals surface area contributed by atoms with Crippen molar-refractivity contribution in [3.63, 3.8) is 0 Å². The Kier molecular flexibility index (Phi) is 5.27. The van der Waals surface area contributed by atoms with E-state index >= 15 is 0 Å². The van der Waals surface area contributed by atoms with Crippen LogP contribution in [0.15, 0.2) is 52.3 Å². The second-order valence-electron chi connectivity index (χ2n) is 5.33. The summed E-state index contributed by atoms with van der Waals surface area (Å²) in [5, 5.41) is 0. The Morgan fingerprint density at radius 3 is 2.45 bits per heavy atom. The first-order chi connectivity index (χ1) is 9.60. The second-order valence-corrected chi connectivity index (χ2v) is 6.44. The Bertz CT molecular complexity index is 577. The van der Waals surface area contributed by atoms with Crippen molar-refractivity contribution in [3.8, 4) is 0 Å². The summed E-state index contributed by atoms with van der Waals surface area (Å²) in [5.41, 5.74) is 10.1. The maximum atomic E-state index is 6.05. The van der Waals surface area contributed by atoms with Crippen LogP contribution in [0.5, 0.6) is 0 Å². The van der Waals surface area contributed by atoms with Crippen molar-refractivity contribution in [2.45, 2.75) is 49.4 Å². The van der Waals surface area contributed by atoms with Crippen LogP contribution in [-0.4, -0.2) is 6.04 Å². The minimum Gasteiger partial charge on any atom is -0.327 e. The highest BCUT2D eigenvalue weighted by molar-refractivity contribution is 7.99. The van der Waals surface area contributed by atoms with E-state index in [0.29, 0.717) is 0 Å². The average molecular weight is 285 g/mol. The van der Waals surface area contributed by atoms with Gasteiger partial charge in [-0.05, 0) is 61.6 Å². The van der Waals surface area contributed by atoms with E-state index in [1.54, 1.807) is 0 Å². The molecule has 1 nitrogen and oxygen atoms in total. The zero-order valence-corrected chi connectivity index (χ0v) is 13.3. The van der Waals surface area contributed by atoms with E-state index in [-0.39, 0.29) is 6.04 Å². The standard InChI is InChI=1S/C18H23NS/c1-4-16(19)12-15-9-10-17(11-14(15)3)20-18-8-6-5-7-13(18)2/h5-11,16H,4,12,19H2,1-3H3. The molecule has 0 saturated heterocycles. The Hall–Kier alpha value is -1.25. The summed E-state index contributed by atoms with van der Waals surface area (Å²) in [6.45, 7) is 6.48. The third-order valence-corrected chi connectivity index (χ3v) is 4.81. The Morgan fingerprint density at radius 2 is 1.80 bits per heavy atom. The molecule has 1 atom stereocenters. The summed E-state index contributed by atoms with van der Waals surface area (Å²) >= 11 is 1.83. The fraction of sp³-hybridized carbons (Fsp3) is 0.333. The van der Waals surface area contributed by atoms with Gasteiger partial charge >= 0.3 is 0 Å². The lowest BCUT2D eigenvalue weighted by Gasteiger charge is -2.13. The van der Waals surface area contributed by atoms with Crippen LogP contribution in [-0.2, 0) is 6.42 Å². The Morgan fingerprint density at radius 1 is 1.05 bits per heavy atom. The monoisotopic (exact) mass is 285 g/mol. The molecule has 0 radical (unpaired) electrons. The largest absolute Gasteiger partial charge is 0.327 e. The maximum absolute atomic E-state index is 6.05. The zero-order valence-electron chi connectivity index (χ0n) is 12.5. The van der Waals surface area contributed by atoms with E-state index in [9.17, 15) is 0 Å². The van der Waals surface area contributed by atoms with Gasteiger partial charge in [0.1, 0.15) is 0 Å². The van der Waals surface area contributed by atoms with Gasteiger partial charge in [0.05, 0.1) is 0 Å². The molecular formula is C18H23NS. The summed E-state index contributed by atoms with van der Waals surface area (Å²) in [6, 6.07) is 15.5. The first-order valence-corrected chi connectivity index (χ1v) is 8.00. The molecule has 0 fully saturated rings. The van der Waals surface area contributed by atoms with Crippen molar-refractivity contribution < 1.29 is 0 Å². The maximum Gasteiger partial charge on any atom is 0.0151 e. The van der Waals surface area contributed by atoms with Gasteiger partial charge in [-0.1, -0.05) is 43.0 Å². The molecule has 2 aromatic carbocycles. The molecule has 0 aromatic heterocycles. The predicted octanol–water partition coefficient (Wildman–Crippen LogP) is 4.73. The van der Waals surface area contributed by atoms with Crippen LogP contribution in [0, 0.1) is 13.8 Å². The summed E-state index contributed by atoms with van der Waals surface area (Å²) in [7, 11) is 0. The summed E-state index contributed by atoms with van der Waals surface area (Å²) in [5.74, 6) is 0. The van der Waals surface area contributed by atoms with Crippen LogP contribution in [0.4, 0.5) is 0 Å². The predicted molar refractivity (Wildman–Crippen MR) is 88.5 cm³/mol. The Labute approximate surface area is 126 Å². The van der Waals surface area contributed by atoms with Gasteiger partial charge in [-0.25, -0.2) is 0 Å². The third kappa shape index (κ3) is 3.87. The lowest BCUT2D eigenvalue weighted by Crippen LogP contribution is -2.21. The van der Waals surface area contributed by atoms with E-state index in [2.05, 4.69) is 63.2 Å². The molecular weight excluding hydrogens is 262 g/mol. The molecule has 106 valence electrons.